The van der Waals surface area contributed by atoms with Gasteiger partial charge in [0.15, 0.2) is 0 Å². The summed E-state index contributed by atoms with van der Waals surface area (Å²) >= 11 is 0. The maximum Gasteiger partial charge on any atom is 0.248 e. The van der Waals surface area contributed by atoms with Gasteiger partial charge in [0, 0.05) is 6.54 Å². The Morgan fingerprint density at radius 1 is 1.41 bits per heavy atom. The average Bonchev–Trinajstić information content (AvgIpc) is 2.76. The molecular weight excluding hydrogens is 223 g/mol. The van der Waals surface area contributed by atoms with Crippen LogP contribution in [-0.4, -0.2) is 41.5 Å². The first-order valence-electron chi connectivity index (χ1n) is 6.30. The molecule has 96 valence electrons. The highest BCUT2D eigenvalue weighted by Gasteiger charge is 2.50. The van der Waals surface area contributed by atoms with Crippen LogP contribution in [0.3, 0.4) is 0 Å². The van der Waals surface area contributed by atoms with E-state index in [9.17, 15) is 14.0 Å². The molecule has 2 amide bonds. The van der Waals surface area contributed by atoms with Crippen molar-refractivity contribution < 1.29 is 14.0 Å². The lowest BCUT2D eigenvalue weighted by Gasteiger charge is -2.43. The normalized spacial score (nSPS) is 27.6. The quantitative estimate of drug-likeness (QED) is 0.803. The smallest absolute Gasteiger partial charge is 0.248 e. The molecule has 0 aromatic heterocycles. The Morgan fingerprint density at radius 3 is 2.65 bits per heavy atom. The van der Waals surface area contributed by atoms with Crippen molar-refractivity contribution in [3.63, 3.8) is 0 Å². The van der Waals surface area contributed by atoms with Crippen molar-refractivity contribution in [1.82, 2.24) is 10.2 Å². The van der Waals surface area contributed by atoms with Crippen LogP contribution in [0.5, 0.6) is 0 Å². The highest BCUT2D eigenvalue weighted by atomic mass is 19.1. The van der Waals surface area contributed by atoms with Gasteiger partial charge in [-0.15, -0.1) is 0 Å². The first kappa shape index (κ1) is 12.3. The number of halogens is 1. The Morgan fingerprint density at radius 2 is 2.06 bits per heavy atom. The maximum absolute atomic E-state index is 12.4. The molecule has 1 N–H and O–H groups in total. The Hall–Kier alpha value is -1.13. The van der Waals surface area contributed by atoms with Gasteiger partial charge in [0.1, 0.15) is 11.6 Å². The number of nitrogens with one attached hydrogen (secondary N) is 1. The summed E-state index contributed by atoms with van der Waals surface area (Å²) in [5.74, 6) is -0.124. The van der Waals surface area contributed by atoms with Crippen molar-refractivity contribution in [3.8, 4) is 0 Å². The number of nitrogens with zero attached hydrogens (tertiary/aromatic N) is 1. The molecule has 1 aliphatic carbocycles. The molecule has 2 rings (SSSR count). The van der Waals surface area contributed by atoms with Gasteiger partial charge in [0.05, 0.1) is 6.67 Å². The van der Waals surface area contributed by atoms with E-state index in [1.807, 2.05) is 0 Å². The second-order valence-corrected chi connectivity index (χ2v) is 5.00. The summed E-state index contributed by atoms with van der Waals surface area (Å²) in [4.78, 5) is 25.8. The molecule has 4 nitrogen and oxygen atoms in total. The highest BCUT2D eigenvalue weighted by molar-refractivity contribution is 5.99. The third kappa shape index (κ3) is 2.03. The van der Waals surface area contributed by atoms with Crippen molar-refractivity contribution in [2.24, 2.45) is 0 Å². The largest absolute Gasteiger partial charge is 0.340 e. The summed E-state index contributed by atoms with van der Waals surface area (Å²) in [5, 5.41) is 2.87. The average molecular weight is 242 g/mol. The van der Waals surface area contributed by atoms with E-state index in [0.29, 0.717) is 13.0 Å². The summed E-state index contributed by atoms with van der Waals surface area (Å²) < 4.78 is 12.2. The number of carbonyl (C=O) groups excluding carboxylic acids is 2. The van der Waals surface area contributed by atoms with Crippen LogP contribution in [0.15, 0.2) is 0 Å². The van der Waals surface area contributed by atoms with E-state index in [-0.39, 0.29) is 11.8 Å². The van der Waals surface area contributed by atoms with Crippen LogP contribution < -0.4 is 5.32 Å². The van der Waals surface area contributed by atoms with Crippen molar-refractivity contribution in [1.29, 1.82) is 0 Å². The van der Waals surface area contributed by atoms with Gasteiger partial charge in [-0.25, -0.2) is 0 Å². The Labute approximate surface area is 101 Å². The molecule has 2 aliphatic rings. The first-order chi connectivity index (χ1) is 8.10. The third-order valence-electron chi connectivity index (χ3n) is 3.87. The molecule has 0 radical (unpaired) electrons. The lowest BCUT2D eigenvalue weighted by molar-refractivity contribution is -0.154. The van der Waals surface area contributed by atoms with Crippen molar-refractivity contribution >= 4 is 11.8 Å². The summed E-state index contributed by atoms with van der Waals surface area (Å²) in [6, 6.07) is -0.472. The second-order valence-electron chi connectivity index (χ2n) is 5.00. The van der Waals surface area contributed by atoms with E-state index in [2.05, 4.69) is 5.32 Å². The molecule has 1 saturated heterocycles. The van der Waals surface area contributed by atoms with Crippen LogP contribution in [0.2, 0.25) is 0 Å². The predicted molar refractivity (Wildman–Crippen MR) is 61.1 cm³/mol. The van der Waals surface area contributed by atoms with E-state index in [0.717, 1.165) is 25.7 Å². The van der Waals surface area contributed by atoms with Crippen LogP contribution in [0.1, 0.15) is 39.0 Å². The van der Waals surface area contributed by atoms with Gasteiger partial charge >= 0.3 is 0 Å². The van der Waals surface area contributed by atoms with Crippen molar-refractivity contribution in [2.75, 3.05) is 13.2 Å². The van der Waals surface area contributed by atoms with Crippen LogP contribution in [0.4, 0.5) is 4.39 Å². The predicted octanol–water partition coefficient (Wildman–Crippen LogP) is 1.01. The first-order valence-corrected chi connectivity index (χ1v) is 6.30. The molecular formula is C12H19FN2O2. The van der Waals surface area contributed by atoms with Gasteiger partial charge in [0.2, 0.25) is 11.8 Å². The molecule has 2 fully saturated rings. The zero-order valence-electron chi connectivity index (χ0n) is 10.2. The molecule has 0 bridgehead atoms. The zero-order chi connectivity index (χ0) is 12.5. The van der Waals surface area contributed by atoms with Gasteiger partial charge in [-0.05, 0) is 26.2 Å². The highest BCUT2D eigenvalue weighted by Crippen LogP contribution is 2.34. The van der Waals surface area contributed by atoms with Crippen molar-refractivity contribution in [2.45, 2.75) is 50.6 Å². The number of hydrogen-bond acceptors (Lipinski definition) is 2. The molecule has 5 heteroatoms. The van der Waals surface area contributed by atoms with E-state index in [1.165, 1.54) is 0 Å². The summed E-state index contributed by atoms with van der Waals surface area (Å²) in [5.41, 5.74) is -0.681. The summed E-state index contributed by atoms with van der Waals surface area (Å²) in [6.07, 6.45) is 3.68. The molecule has 1 spiro atoms. The van der Waals surface area contributed by atoms with Gasteiger partial charge in [-0.1, -0.05) is 12.8 Å². The van der Waals surface area contributed by atoms with E-state index in [1.54, 1.807) is 11.8 Å². The lowest BCUT2D eigenvalue weighted by atomic mass is 9.91. The Bertz CT molecular complexity index is 326. The van der Waals surface area contributed by atoms with Gasteiger partial charge in [0.25, 0.3) is 0 Å². The van der Waals surface area contributed by atoms with Crippen LogP contribution in [0.25, 0.3) is 0 Å². The van der Waals surface area contributed by atoms with Crippen LogP contribution >= 0.6 is 0 Å². The second kappa shape index (κ2) is 4.63. The number of rotatable bonds is 3. The molecule has 1 aliphatic heterocycles. The van der Waals surface area contributed by atoms with Gasteiger partial charge in [-0.3, -0.25) is 14.0 Å². The number of piperazine rings is 1. The molecule has 17 heavy (non-hydrogen) atoms. The topological polar surface area (TPSA) is 49.4 Å². The van der Waals surface area contributed by atoms with Crippen molar-refractivity contribution in [3.05, 3.63) is 0 Å². The van der Waals surface area contributed by atoms with Gasteiger partial charge in [-0.2, -0.15) is 0 Å². The van der Waals surface area contributed by atoms with Crippen LogP contribution in [0, 0.1) is 0 Å². The summed E-state index contributed by atoms with van der Waals surface area (Å²) in [6.45, 7) is 1.59. The minimum atomic E-state index is -0.681. The minimum absolute atomic E-state index is 0.0180. The van der Waals surface area contributed by atoms with Gasteiger partial charge < -0.3 is 10.2 Å². The number of hydrogen-bond donors (Lipinski definition) is 1. The molecule has 1 heterocycles. The summed E-state index contributed by atoms with van der Waals surface area (Å²) in [7, 11) is 0. The van der Waals surface area contributed by atoms with Crippen LogP contribution in [-0.2, 0) is 9.59 Å². The molecule has 1 atom stereocenters. The third-order valence-corrected chi connectivity index (χ3v) is 3.87. The molecule has 0 aromatic rings. The zero-order valence-corrected chi connectivity index (χ0v) is 10.2. The Kier molecular flexibility index (Phi) is 3.35. The monoisotopic (exact) mass is 242 g/mol. The lowest BCUT2D eigenvalue weighted by Crippen LogP contribution is -2.68. The number of amides is 2. The fourth-order valence-electron chi connectivity index (χ4n) is 2.83. The van der Waals surface area contributed by atoms with E-state index in [4.69, 9.17) is 0 Å². The standard InChI is InChI=1S/C12H19FN2O2/c1-9-10(16)14-12(5-2-3-6-12)11(17)15(9)8-4-7-13/h9H,2-8H2,1H3,(H,14,16). The maximum atomic E-state index is 12.4. The van der Waals surface area contributed by atoms with E-state index >= 15 is 0 Å². The number of carbonyl (C=O) groups is 2. The minimum Gasteiger partial charge on any atom is -0.340 e. The molecule has 1 unspecified atom stereocenters. The molecule has 1 saturated carbocycles. The SMILES string of the molecule is CC1C(=O)NC2(CCCC2)C(=O)N1CCCF. The Balaban J connectivity index is 2.18. The number of alkyl halides is 1. The van der Waals surface area contributed by atoms with E-state index < -0.39 is 18.3 Å². The fraction of sp³-hybridized carbons (Fsp3) is 0.833. The molecule has 0 aromatic carbocycles. The fourth-order valence-corrected chi connectivity index (χ4v) is 2.83.